The van der Waals surface area contributed by atoms with Gasteiger partial charge in [0.25, 0.3) is 5.91 Å². The number of aliphatic hydroxyl groups excluding tert-OH is 1. The van der Waals surface area contributed by atoms with E-state index in [1.165, 1.54) is 4.57 Å². The maximum Gasteiger partial charge on any atom is 0.329 e. The van der Waals surface area contributed by atoms with Gasteiger partial charge in [0.2, 0.25) is 17.7 Å². The van der Waals surface area contributed by atoms with Crippen LogP contribution < -0.4 is 27.0 Å². The maximum atomic E-state index is 13.6. The molecule has 68 heavy (non-hydrogen) atoms. The molecule has 0 aliphatic carbocycles. The van der Waals surface area contributed by atoms with E-state index in [0.29, 0.717) is 56.0 Å². The van der Waals surface area contributed by atoms with Crippen molar-refractivity contribution in [2.24, 2.45) is 13.0 Å². The number of aliphatic hydroxyl groups is 1. The lowest BCUT2D eigenvalue weighted by atomic mass is 9.89. The average molecular weight is 921 g/mol. The highest BCUT2D eigenvalue weighted by atomic mass is 16.3. The number of aryl methyl sites for hydroxylation is 2. The number of benzene rings is 4. The zero-order valence-electron chi connectivity index (χ0n) is 39.5. The van der Waals surface area contributed by atoms with Crippen LogP contribution in [0.25, 0.3) is 21.8 Å². The second-order valence-electron chi connectivity index (χ2n) is 19.4. The first-order valence-corrected chi connectivity index (χ1v) is 24.6. The van der Waals surface area contributed by atoms with Crippen LogP contribution in [-0.4, -0.2) is 106 Å². The van der Waals surface area contributed by atoms with Crippen LogP contribution in [0.1, 0.15) is 115 Å². The summed E-state index contributed by atoms with van der Waals surface area (Å²) in [6.45, 7) is 9.58. The van der Waals surface area contributed by atoms with E-state index in [0.717, 1.165) is 102 Å². The molecule has 4 aromatic carbocycles. The number of carbonyl (C=O) groups excluding carboxylic acids is 4. The lowest BCUT2D eigenvalue weighted by molar-refractivity contribution is -0.136. The quantitative estimate of drug-likeness (QED) is 0.0603. The summed E-state index contributed by atoms with van der Waals surface area (Å²) in [4.78, 5) is 69.0. The molecule has 14 nitrogen and oxygen atoms in total. The van der Waals surface area contributed by atoms with Crippen LogP contribution >= 0.6 is 0 Å². The molecule has 5 heterocycles. The van der Waals surface area contributed by atoms with Crippen LogP contribution in [-0.2, 0) is 21.4 Å². The molecule has 14 heteroatoms. The largest absolute Gasteiger partial charge is 0.390 e. The van der Waals surface area contributed by atoms with E-state index < -0.39 is 18.1 Å². The fraction of sp³-hybridized carbons (Fsp3) is 0.463. The van der Waals surface area contributed by atoms with Crippen molar-refractivity contribution in [3.05, 3.63) is 111 Å². The van der Waals surface area contributed by atoms with Crippen LogP contribution in [0.2, 0.25) is 0 Å². The fourth-order valence-electron chi connectivity index (χ4n) is 10.7. The molecule has 0 radical (unpaired) electrons. The Labute approximate surface area is 397 Å². The number of unbranched alkanes of at least 4 members (excludes halogenated alkanes) is 1. The number of piperidine rings is 3. The van der Waals surface area contributed by atoms with Gasteiger partial charge < -0.3 is 30.9 Å². The van der Waals surface area contributed by atoms with Gasteiger partial charge in [0.05, 0.1) is 29.2 Å². The van der Waals surface area contributed by atoms with Gasteiger partial charge in [-0.05, 0) is 142 Å². The van der Waals surface area contributed by atoms with Gasteiger partial charge in [-0.1, -0.05) is 54.3 Å². The van der Waals surface area contributed by atoms with Gasteiger partial charge in [-0.15, -0.1) is 0 Å². The molecule has 9 rings (SSSR count). The minimum absolute atomic E-state index is 0.103. The number of likely N-dealkylation sites (tertiary alicyclic amines) is 2. The molecule has 5 N–H and O–H groups in total. The Hall–Kier alpha value is -6.27. The number of imide groups is 1. The molecule has 1 unspecified atom stereocenters. The second kappa shape index (κ2) is 20.5. The molecule has 4 saturated heterocycles. The SMILES string of the molecule is Cc1ccc(N[C@H]2CNC[C@@H]2O)cc1C(=O)N[C@H](C)c1ccc(C#CC2CCN(CCCCC(=O)N3CCC(c4ccc5c(c4)n(C)c(=O)n5C4CCC(=O)NC4=O)CC3)CC2)c2ccccc12. The second-order valence-corrected chi connectivity index (χ2v) is 19.4. The molecule has 4 amide bonds. The number of hydrogen-bond donors (Lipinski definition) is 5. The topological polar surface area (TPSA) is 170 Å². The van der Waals surface area contributed by atoms with E-state index in [1.54, 1.807) is 11.6 Å². The van der Waals surface area contributed by atoms with Crippen molar-refractivity contribution >= 4 is 51.1 Å². The molecule has 5 aromatic rings. The zero-order chi connectivity index (χ0) is 47.5. The van der Waals surface area contributed by atoms with Crippen LogP contribution in [0, 0.1) is 24.7 Å². The minimum atomic E-state index is -0.706. The minimum Gasteiger partial charge on any atom is -0.390 e. The van der Waals surface area contributed by atoms with Crippen molar-refractivity contribution in [1.29, 1.82) is 0 Å². The Balaban J connectivity index is 0.715. The summed E-state index contributed by atoms with van der Waals surface area (Å²) in [6.07, 6.45) is 6.20. The van der Waals surface area contributed by atoms with E-state index in [4.69, 9.17) is 0 Å². The number of nitrogens with zero attached hydrogens (tertiary/aromatic N) is 4. The monoisotopic (exact) mass is 920 g/mol. The van der Waals surface area contributed by atoms with Crippen LogP contribution in [0.15, 0.2) is 77.6 Å². The smallest absolute Gasteiger partial charge is 0.329 e. The normalized spacial score (nSPS) is 21.1. The van der Waals surface area contributed by atoms with Crippen molar-refractivity contribution in [3.8, 4) is 11.8 Å². The molecule has 1 aromatic heterocycles. The Bertz CT molecular complexity index is 2840. The Kier molecular flexibility index (Phi) is 14.1. The number of β-amino-alcohol motifs (C(OH)–C–C–N with tert-alkyl or cyclic N) is 1. The predicted octanol–water partition coefficient (Wildman–Crippen LogP) is 5.65. The van der Waals surface area contributed by atoms with Gasteiger partial charge in [0.1, 0.15) is 6.04 Å². The van der Waals surface area contributed by atoms with Gasteiger partial charge >= 0.3 is 5.69 Å². The number of hydrogen-bond acceptors (Lipinski definition) is 9. The van der Waals surface area contributed by atoms with Gasteiger partial charge in [-0.25, -0.2) is 4.79 Å². The molecule has 0 saturated carbocycles. The number of rotatable bonds is 12. The number of anilines is 1. The highest BCUT2D eigenvalue weighted by molar-refractivity contribution is 6.00. The number of aromatic nitrogens is 2. The number of fused-ring (bicyclic) bond motifs is 2. The van der Waals surface area contributed by atoms with Crippen molar-refractivity contribution in [3.63, 3.8) is 0 Å². The predicted molar refractivity (Wildman–Crippen MR) is 264 cm³/mol. The number of amides is 4. The summed E-state index contributed by atoms with van der Waals surface area (Å²) in [7, 11) is 1.72. The van der Waals surface area contributed by atoms with Gasteiger partial charge in [0.15, 0.2) is 0 Å². The van der Waals surface area contributed by atoms with E-state index in [-0.39, 0.29) is 47.8 Å². The van der Waals surface area contributed by atoms with E-state index in [9.17, 15) is 29.1 Å². The van der Waals surface area contributed by atoms with Crippen LogP contribution in [0.3, 0.4) is 0 Å². The van der Waals surface area contributed by atoms with Gasteiger partial charge in [0, 0.05) is 68.8 Å². The number of nitrogens with one attached hydrogen (secondary N) is 4. The lowest BCUT2D eigenvalue weighted by Gasteiger charge is -2.32. The van der Waals surface area contributed by atoms with Crippen LogP contribution in [0.4, 0.5) is 5.69 Å². The molecule has 0 spiro atoms. The molecular weight excluding hydrogens is 857 g/mol. The molecule has 0 bridgehead atoms. The first-order chi connectivity index (χ1) is 32.9. The third kappa shape index (κ3) is 10.1. The van der Waals surface area contributed by atoms with E-state index in [2.05, 4.69) is 62.3 Å². The van der Waals surface area contributed by atoms with Crippen molar-refractivity contribution in [1.82, 2.24) is 34.9 Å². The molecule has 4 aliphatic rings. The first-order valence-electron chi connectivity index (χ1n) is 24.6. The van der Waals surface area contributed by atoms with E-state index >= 15 is 0 Å². The molecule has 4 atom stereocenters. The van der Waals surface area contributed by atoms with Crippen molar-refractivity contribution in [2.75, 3.05) is 51.1 Å². The summed E-state index contributed by atoms with van der Waals surface area (Å²) in [6, 6.07) is 23.2. The van der Waals surface area contributed by atoms with Gasteiger partial charge in [-0.2, -0.15) is 0 Å². The molecule has 4 fully saturated rings. The van der Waals surface area contributed by atoms with E-state index in [1.807, 2.05) is 67.3 Å². The highest BCUT2D eigenvalue weighted by Crippen LogP contribution is 2.33. The number of imidazole rings is 1. The third-order valence-electron chi connectivity index (χ3n) is 14.9. The summed E-state index contributed by atoms with van der Waals surface area (Å²) >= 11 is 0. The lowest BCUT2D eigenvalue weighted by Crippen LogP contribution is -2.44. The Morgan fingerprint density at radius 1 is 0.868 bits per heavy atom. The molecular formula is C54H64N8O6. The van der Waals surface area contributed by atoms with Gasteiger partial charge in [-0.3, -0.25) is 33.6 Å². The maximum absolute atomic E-state index is 13.6. The van der Waals surface area contributed by atoms with Crippen molar-refractivity contribution < 1.29 is 24.3 Å². The first kappa shape index (κ1) is 46.8. The summed E-state index contributed by atoms with van der Waals surface area (Å²) in [5.74, 6) is 7.05. The summed E-state index contributed by atoms with van der Waals surface area (Å²) in [5.41, 5.74) is 6.65. The Morgan fingerprint density at radius 3 is 2.40 bits per heavy atom. The Morgan fingerprint density at radius 2 is 1.65 bits per heavy atom. The highest BCUT2D eigenvalue weighted by Gasteiger charge is 2.32. The summed E-state index contributed by atoms with van der Waals surface area (Å²) in [5, 5.41) is 24.6. The standard InChI is InChI=1S/C54H64N8O6/c1-34-11-16-40(57-45-32-55-33-49(45)63)31-44(34)52(66)56-35(2)41-17-14-38(42-8-4-5-9-43(41)42)13-12-36-21-26-60(27-22-36)25-7-6-10-51(65)61-28-23-37(24-29-61)39-15-18-46-48(30-39)59(3)54(68)62(46)47-19-20-50(64)58-53(47)67/h4-5,8-9,11,14-18,30-31,35-37,45,47,49,55,57,63H,6-7,10,19-29,32-33H2,1-3H3,(H,56,66)(H,58,64,67)/t35-,45+,47?,49+/m1/s1. The molecule has 356 valence electrons. The third-order valence-corrected chi connectivity index (χ3v) is 14.9. The van der Waals surface area contributed by atoms with Crippen molar-refractivity contribution in [2.45, 2.75) is 102 Å². The zero-order valence-corrected chi connectivity index (χ0v) is 39.5. The average Bonchev–Trinajstić information content (AvgIpc) is 3.87. The molecule has 4 aliphatic heterocycles. The summed E-state index contributed by atoms with van der Waals surface area (Å²) < 4.78 is 3.10. The number of carbonyl (C=O) groups is 4. The van der Waals surface area contributed by atoms with Crippen LogP contribution in [0.5, 0.6) is 0 Å². The fourth-order valence-corrected chi connectivity index (χ4v) is 10.7.